The summed E-state index contributed by atoms with van der Waals surface area (Å²) in [5, 5.41) is 5.28. The lowest BCUT2D eigenvalue weighted by Gasteiger charge is -2.17. The number of benzene rings is 1. The number of alkyl carbamates (subject to hydrolysis) is 2. The van der Waals surface area contributed by atoms with Gasteiger partial charge in [0.15, 0.2) is 0 Å². The molecule has 0 aliphatic rings. The summed E-state index contributed by atoms with van der Waals surface area (Å²) in [7, 11) is 2.63. The third-order valence-corrected chi connectivity index (χ3v) is 2.81. The first-order valence-corrected chi connectivity index (χ1v) is 6.33. The Morgan fingerprint density at radius 1 is 1.00 bits per heavy atom. The van der Waals surface area contributed by atoms with Gasteiger partial charge in [0.25, 0.3) is 0 Å². The molecule has 0 aliphatic carbocycles. The van der Waals surface area contributed by atoms with Crippen LogP contribution in [-0.4, -0.2) is 39.5 Å². The van der Waals surface area contributed by atoms with Crippen molar-refractivity contribution in [2.45, 2.75) is 6.42 Å². The van der Waals surface area contributed by atoms with Crippen LogP contribution < -0.4 is 10.6 Å². The van der Waals surface area contributed by atoms with Crippen molar-refractivity contribution >= 4 is 12.2 Å². The first kappa shape index (κ1) is 15.8. The van der Waals surface area contributed by atoms with Crippen LogP contribution in [-0.2, 0) is 15.9 Å². The van der Waals surface area contributed by atoms with E-state index in [1.165, 1.54) is 14.2 Å². The molecular formula is C14H20N2O4. The minimum atomic E-state index is -0.485. The highest BCUT2D eigenvalue weighted by Crippen LogP contribution is 2.07. The van der Waals surface area contributed by atoms with Crippen LogP contribution >= 0.6 is 0 Å². The average Bonchev–Trinajstić information content (AvgIpc) is 2.50. The molecular weight excluding hydrogens is 260 g/mol. The summed E-state index contributed by atoms with van der Waals surface area (Å²) in [6, 6.07) is 9.85. The van der Waals surface area contributed by atoms with Crippen molar-refractivity contribution in [1.82, 2.24) is 10.6 Å². The third kappa shape index (κ3) is 6.08. The lowest BCUT2D eigenvalue weighted by molar-refractivity contribution is 0.165. The van der Waals surface area contributed by atoms with Crippen molar-refractivity contribution in [2.75, 3.05) is 27.3 Å². The molecule has 20 heavy (non-hydrogen) atoms. The number of rotatable bonds is 6. The zero-order chi connectivity index (χ0) is 14.8. The fraction of sp³-hybridized carbons (Fsp3) is 0.429. The standard InChI is InChI=1S/C14H20N2O4/c1-19-13(17)15-9-12(10-16-14(18)20-2)8-11-6-4-3-5-7-11/h3-7,12H,8-10H2,1-2H3,(H,15,17)(H,16,18). The van der Waals surface area contributed by atoms with Gasteiger partial charge in [0.2, 0.25) is 0 Å². The third-order valence-electron chi connectivity index (χ3n) is 2.81. The van der Waals surface area contributed by atoms with Gasteiger partial charge in [-0.05, 0) is 17.9 Å². The SMILES string of the molecule is COC(=O)NCC(CNC(=O)OC)Cc1ccccc1. The van der Waals surface area contributed by atoms with E-state index < -0.39 is 12.2 Å². The van der Waals surface area contributed by atoms with Crippen LogP contribution in [0.1, 0.15) is 5.56 Å². The molecule has 0 aliphatic heterocycles. The fourth-order valence-corrected chi connectivity index (χ4v) is 1.76. The van der Waals surface area contributed by atoms with Crippen LogP contribution in [0.2, 0.25) is 0 Å². The molecule has 2 N–H and O–H groups in total. The van der Waals surface area contributed by atoms with Gasteiger partial charge in [-0.25, -0.2) is 9.59 Å². The van der Waals surface area contributed by atoms with Gasteiger partial charge in [-0.3, -0.25) is 0 Å². The molecule has 0 atom stereocenters. The molecule has 0 spiro atoms. The highest BCUT2D eigenvalue weighted by Gasteiger charge is 2.13. The summed E-state index contributed by atoms with van der Waals surface area (Å²) in [6.07, 6.45) is -0.239. The Bertz CT molecular complexity index is 402. The Morgan fingerprint density at radius 2 is 1.50 bits per heavy atom. The maximum atomic E-state index is 11.1. The number of carbonyl (C=O) groups excluding carboxylic acids is 2. The number of hydrogen-bond donors (Lipinski definition) is 2. The molecule has 6 heteroatoms. The predicted octanol–water partition coefficient (Wildman–Crippen LogP) is 1.56. The van der Waals surface area contributed by atoms with Crippen LogP contribution in [0, 0.1) is 5.92 Å². The van der Waals surface area contributed by atoms with E-state index in [-0.39, 0.29) is 5.92 Å². The number of ether oxygens (including phenoxy) is 2. The number of nitrogens with one attached hydrogen (secondary N) is 2. The van der Waals surface area contributed by atoms with Crippen LogP contribution in [0.5, 0.6) is 0 Å². The fourth-order valence-electron chi connectivity index (χ4n) is 1.76. The monoisotopic (exact) mass is 280 g/mol. The lowest BCUT2D eigenvalue weighted by Crippen LogP contribution is -2.37. The number of carbonyl (C=O) groups is 2. The zero-order valence-corrected chi connectivity index (χ0v) is 11.7. The lowest BCUT2D eigenvalue weighted by atomic mass is 9.99. The van der Waals surface area contributed by atoms with E-state index in [4.69, 9.17) is 0 Å². The summed E-state index contributed by atoms with van der Waals surface area (Å²) in [5.74, 6) is 0.0515. The maximum Gasteiger partial charge on any atom is 0.406 e. The molecule has 0 saturated heterocycles. The van der Waals surface area contributed by atoms with E-state index >= 15 is 0 Å². The van der Waals surface area contributed by atoms with Gasteiger partial charge in [-0.15, -0.1) is 0 Å². The molecule has 1 rings (SSSR count). The largest absolute Gasteiger partial charge is 0.453 e. The molecule has 110 valence electrons. The van der Waals surface area contributed by atoms with Gasteiger partial charge in [0, 0.05) is 13.1 Å². The molecule has 2 amide bonds. The minimum Gasteiger partial charge on any atom is -0.453 e. The molecule has 1 aromatic rings. The van der Waals surface area contributed by atoms with Gasteiger partial charge in [-0.2, -0.15) is 0 Å². The molecule has 0 bridgehead atoms. The van der Waals surface area contributed by atoms with Crippen molar-refractivity contribution in [1.29, 1.82) is 0 Å². The molecule has 0 unspecified atom stereocenters. The Hall–Kier alpha value is -2.24. The van der Waals surface area contributed by atoms with Crippen molar-refractivity contribution < 1.29 is 19.1 Å². The minimum absolute atomic E-state index is 0.0515. The Balaban J connectivity index is 2.53. The van der Waals surface area contributed by atoms with Crippen LogP contribution in [0.25, 0.3) is 0 Å². The predicted molar refractivity (Wildman–Crippen MR) is 74.5 cm³/mol. The molecule has 0 radical (unpaired) electrons. The van der Waals surface area contributed by atoms with Crippen molar-refractivity contribution in [3.8, 4) is 0 Å². The van der Waals surface area contributed by atoms with Gasteiger partial charge in [-0.1, -0.05) is 30.3 Å². The van der Waals surface area contributed by atoms with Crippen LogP contribution in [0.15, 0.2) is 30.3 Å². The molecule has 0 fully saturated rings. The van der Waals surface area contributed by atoms with Gasteiger partial charge in [0.05, 0.1) is 14.2 Å². The first-order valence-electron chi connectivity index (χ1n) is 6.33. The molecule has 0 heterocycles. The summed E-state index contributed by atoms with van der Waals surface area (Å²) in [5.41, 5.74) is 1.14. The zero-order valence-electron chi connectivity index (χ0n) is 11.7. The molecule has 6 nitrogen and oxygen atoms in total. The Labute approximate surface area is 118 Å². The van der Waals surface area contributed by atoms with Crippen LogP contribution in [0.4, 0.5) is 9.59 Å². The highest BCUT2D eigenvalue weighted by atomic mass is 16.5. The quantitative estimate of drug-likeness (QED) is 0.829. The highest BCUT2D eigenvalue weighted by molar-refractivity contribution is 5.67. The van der Waals surface area contributed by atoms with E-state index in [1.807, 2.05) is 30.3 Å². The maximum absolute atomic E-state index is 11.1. The van der Waals surface area contributed by atoms with Gasteiger partial charge < -0.3 is 20.1 Å². The Morgan fingerprint density at radius 3 is 1.95 bits per heavy atom. The van der Waals surface area contributed by atoms with Crippen molar-refractivity contribution in [3.63, 3.8) is 0 Å². The normalized spacial score (nSPS) is 9.95. The van der Waals surface area contributed by atoms with Gasteiger partial charge >= 0.3 is 12.2 Å². The van der Waals surface area contributed by atoms with Crippen molar-refractivity contribution in [3.05, 3.63) is 35.9 Å². The molecule has 0 aromatic heterocycles. The van der Waals surface area contributed by atoms with E-state index in [2.05, 4.69) is 20.1 Å². The van der Waals surface area contributed by atoms with E-state index in [9.17, 15) is 9.59 Å². The second-order valence-electron chi connectivity index (χ2n) is 4.30. The van der Waals surface area contributed by atoms with E-state index in [0.717, 1.165) is 12.0 Å². The van der Waals surface area contributed by atoms with E-state index in [1.54, 1.807) is 0 Å². The van der Waals surface area contributed by atoms with Crippen molar-refractivity contribution in [2.24, 2.45) is 5.92 Å². The second kappa shape index (κ2) is 8.79. The van der Waals surface area contributed by atoms with Crippen LogP contribution in [0.3, 0.4) is 0 Å². The second-order valence-corrected chi connectivity index (χ2v) is 4.30. The number of amides is 2. The summed E-state index contributed by atoms with van der Waals surface area (Å²) < 4.78 is 9.07. The topological polar surface area (TPSA) is 76.7 Å². The summed E-state index contributed by atoms with van der Waals surface area (Å²) in [6.45, 7) is 0.817. The molecule has 1 aromatic carbocycles. The average molecular weight is 280 g/mol. The molecule has 0 saturated carbocycles. The number of hydrogen-bond acceptors (Lipinski definition) is 4. The first-order chi connectivity index (χ1) is 9.65. The van der Waals surface area contributed by atoms with Gasteiger partial charge in [0.1, 0.15) is 0 Å². The summed E-state index contributed by atoms with van der Waals surface area (Å²) >= 11 is 0. The summed E-state index contributed by atoms with van der Waals surface area (Å²) in [4.78, 5) is 22.2. The smallest absolute Gasteiger partial charge is 0.406 e. The Kier molecular flexibility index (Phi) is 6.95. The van der Waals surface area contributed by atoms with E-state index in [0.29, 0.717) is 13.1 Å². The number of methoxy groups -OCH3 is 2.